The number of carbonyl (C=O) groups excluding carboxylic acids is 2. The van der Waals surface area contributed by atoms with Crippen LogP contribution in [0, 0.1) is 0 Å². The smallest absolute Gasteiger partial charge is 0.456 e. The number of quaternary nitrogens is 1. The molecule has 0 saturated heterocycles. The molecule has 0 aromatic carbocycles. The van der Waals surface area contributed by atoms with Gasteiger partial charge in [-0.05, 0) is 128 Å². The van der Waals surface area contributed by atoms with E-state index >= 15 is 0 Å². The van der Waals surface area contributed by atoms with E-state index in [9.17, 15) is 19.0 Å². The van der Waals surface area contributed by atoms with E-state index in [0.29, 0.717) is 23.9 Å². The first-order chi connectivity index (χ1) is 38.4. The van der Waals surface area contributed by atoms with Crippen LogP contribution in [0.4, 0.5) is 0 Å². The quantitative estimate of drug-likeness (QED) is 0.0205. The highest BCUT2D eigenvalue weighted by molar-refractivity contribution is 7.47. The molecule has 0 spiro atoms. The van der Waals surface area contributed by atoms with Crippen LogP contribution >= 0.6 is 7.82 Å². The Bertz CT molecular complexity index is 1860. The Morgan fingerprint density at radius 1 is 0.456 bits per heavy atom. The minimum absolute atomic E-state index is 0.0194. The Balaban J connectivity index is 5.35. The van der Waals surface area contributed by atoms with Crippen LogP contribution < -0.4 is 5.32 Å². The predicted octanol–water partition coefficient (Wildman–Crippen LogP) is 19.4. The zero-order chi connectivity index (χ0) is 57.9. The highest BCUT2D eigenvalue weighted by atomic mass is 31.2. The molecule has 0 rings (SSSR count). The second-order valence-electron chi connectivity index (χ2n) is 21.5. The number of phosphoric ester groups is 1. The van der Waals surface area contributed by atoms with E-state index in [1.54, 1.807) is 0 Å². The molecule has 0 radical (unpaired) electrons. The van der Waals surface area contributed by atoms with E-state index in [4.69, 9.17) is 13.8 Å². The lowest BCUT2D eigenvalue weighted by atomic mass is 10.1. The molecule has 3 atom stereocenters. The highest BCUT2D eigenvalue weighted by Gasteiger charge is 2.30. The lowest BCUT2D eigenvalue weighted by Gasteiger charge is -2.27. The van der Waals surface area contributed by atoms with Crippen LogP contribution in [-0.4, -0.2) is 74.3 Å². The molecule has 0 aliphatic heterocycles. The number of carbonyl (C=O) groups is 2. The minimum atomic E-state index is -4.48. The number of allylic oxidation sites excluding steroid dienone is 23. The standard InChI is InChI=1S/C69H115N2O7P/c1-7-10-13-16-19-22-25-27-29-31-33-35-37-39-41-43-46-49-52-55-58-61-68(72)70-66(65-77-79(74,75)76-64-63-71(4,5)6)67(60-57-54-51-48-45-24-21-18-15-12-9-3)78-69(73)62-59-56-53-50-47-44-42-40-38-36-34-32-30-28-26-23-20-17-14-11-8-2/h10-11,13-14,19-20,22-23,27-30,33-36,39-42,46,49,57,60,66-67H,7-9,12,15-18,21,24-26,31-32,37-38,43-45,47-48,50-56,58-59,61-65H2,1-6H3,(H-,70,72,74,75)/p+1/b13-10-,14-11-,22-19-,23-20-,29-27-,30-28-,35-33-,36-34-,41-39-,42-40-,49-46-,60-57+. The minimum Gasteiger partial charge on any atom is -0.456 e. The Morgan fingerprint density at radius 3 is 1.23 bits per heavy atom. The zero-order valence-electron chi connectivity index (χ0n) is 51.1. The van der Waals surface area contributed by atoms with E-state index in [0.717, 1.165) is 135 Å². The molecule has 0 heterocycles. The fourth-order valence-electron chi connectivity index (χ4n) is 8.03. The number of ether oxygens (including phenoxy) is 1. The van der Waals surface area contributed by atoms with Crippen LogP contribution in [0.25, 0.3) is 0 Å². The van der Waals surface area contributed by atoms with E-state index in [1.807, 2.05) is 33.3 Å². The van der Waals surface area contributed by atoms with E-state index in [1.165, 1.54) is 44.9 Å². The number of rotatable bonds is 54. The first-order valence-corrected chi connectivity index (χ1v) is 32.7. The zero-order valence-corrected chi connectivity index (χ0v) is 51.9. The van der Waals surface area contributed by atoms with Crippen molar-refractivity contribution in [3.8, 4) is 0 Å². The van der Waals surface area contributed by atoms with Crippen molar-refractivity contribution in [2.45, 2.75) is 238 Å². The molecule has 9 nitrogen and oxygen atoms in total. The molecule has 0 aliphatic rings. The third-order valence-corrected chi connectivity index (χ3v) is 13.8. The van der Waals surface area contributed by atoms with Crippen molar-refractivity contribution in [3.63, 3.8) is 0 Å². The molecule has 0 fully saturated rings. The summed E-state index contributed by atoms with van der Waals surface area (Å²) in [7, 11) is 1.43. The first kappa shape index (κ1) is 74.9. The number of esters is 1. The van der Waals surface area contributed by atoms with Gasteiger partial charge in [-0.3, -0.25) is 18.6 Å². The van der Waals surface area contributed by atoms with E-state index < -0.39 is 20.0 Å². The molecule has 448 valence electrons. The summed E-state index contributed by atoms with van der Waals surface area (Å²) < 4.78 is 30.6. The summed E-state index contributed by atoms with van der Waals surface area (Å²) in [6.45, 7) is 6.70. The van der Waals surface area contributed by atoms with Gasteiger partial charge in [-0.15, -0.1) is 0 Å². The van der Waals surface area contributed by atoms with E-state index in [-0.39, 0.29) is 37.9 Å². The number of amides is 1. The van der Waals surface area contributed by atoms with Crippen molar-refractivity contribution in [2.24, 2.45) is 0 Å². The van der Waals surface area contributed by atoms with Gasteiger partial charge >= 0.3 is 13.8 Å². The maximum absolute atomic E-state index is 13.5. The summed E-state index contributed by atoms with van der Waals surface area (Å²) in [5.41, 5.74) is 0. The second-order valence-corrected chi connectivity index (χ2v) is 22.9. The van der Waals surface area contributed by atoms with Crippen LogP contribution in [0.2, 0.25) is 0 Å². The maximum atomic E-state index is 13.5. The normalized spacial score (nSPS) is 14.7. The van der Waals surface area contributed by atoms with Gasteiger partial charge in [0.2, 0.25) is 5.91 Å². The number of hydrogen-bond acceptors (Lipinski definition) is 6. The van der Waals surface area contributed by atoms with Gasteiger partial charge in [0.25, 0.3) is 0 Å². The monoisotopic (exact) mass is 1120 g/mol. The summed E-state index contributed by atoms with van der Waals surface area (Å²) in [6, 6.07) is -0.891. The van der Waals surface area contributed by atoms with Gasteiger partial charge in [-0.25, -0.2) is 4.57 Å². The fourth-order valence-corrected chi connectivity index (χ4v) is 8.76. The molecule has 10 heteroatoms. The van der Waals surface area contributed by atoms with Crippen molar-refractivity contribution in [3.05, 3.63) is 146 Å². The molecule has 1 amide bonds. The van der Waals surface area contributed by atoms with Crippen LogP contribution in [0.5, 0.6) is 0 Å². The Hall–Kier alpha value is -4.11. The Morgan fingerprint density at radius 2 is 0.810 bits per heavy atom. The lowest BCUT2D eigenvalue weighted by Crippen LogP contribution is -2.47. The average Bonchev–Trinajstić information content (AvgIpc) is 3.41. The third kappa shape index (κ3) is 58.4. The maximum Gasteiger partial charge on any atom is 0.472 e. The van der Waals surface area contributed by atoms with Crippen LogP contribution in [0.1, 0.15) is 226 Å². The number of likely N-dealkylation sites (N-methyl/N-ethyl adjacent to an activating group) is 1. The van der Waals surface area contributed by atoms with Gasteiger partial charge in [0.1, 0.15) is 19.3 Å². The summed E-state index contributed by atoms with van der Waals surface area (Å²) >= 11 is 0. The summed E-state index contributed by atoms with van der Waals surface area (Å²) in [6.07, 6.45) is 82.8. The van der Waals surface area contributed by atoms with Crippen LogP contribution in [0.3, 0.4) is 0 Å². The summed E-state index contributed by atoms with van der Waals surface area (Å²) in [5, 5.41) is 3.02. The molecule has 2 N–H and O–H groups in total. The predicted molar refractivity (Wildman–Crippen MR) is 341 cm³/mol. The number of unbranched alkanes of at least 4 members (excludes halogenated alkanes) is 16. The van der Waals surface area contributed by atoms with E-state index in [2.05, 4.69) is 160 Å². The van der Waals surface area contributed by atoms with Crippen LogP contribution in [0.15, 0.2) is 146 Å². The molecule has 0 aromatic rings. The lowest BCUT2D eigenvalue weighted by molar-refractivity contribution is -0.870. The van der Waals surface area contributed by atoms with Crippen molar-refractivity contribution < 1.29 is 37.3 Å². The molecule has 0 bridgehead atoms. The summed E-state index contributed by atoms with van der Waals surface area (Å²) in [5.74, 6) is -0.591. The van der Waals surface area contributed by atoms with Gasteiger partial charge in [-0.1, -0.05) is 231 Å². The Labute approximate surface area is 485 Å². The molecular weight excluding hydrogens is 1000 g/mol. The number of nitrogens with zero attached hydrogens (tertiary/aromatic N) is 1. The number of nitrogens with one attached hydrogen (secondary N) is 1. The van der Waals surface area contributed by atoms with Crippen molar-refractivity contribution in [1.82, 2.24) is 5.32 Å². The van der Waals surface area contributed by atoms with Crippen molar-refractivity contribution in [2.75, 3.05) is 40.9 Å². The molecule has 0 saturated carbocycles. The average molecular weight is 1120 g/mol. The van der Waals surface area contributed by atoms with Gasteiger partial charge in [0.05, 0.1) is 33.8 Å². The number of phosphoric acid groups is 1. The van der Waals surface area contributed by atoms with Crippen LogP contribution in [-0.2, 0) is 27.9 Å². The largest absolute Gasteiger partial charge is 0.472 e. The Kier molecular flexibility index (Phi) is 54.2. The molecule has 0 aromatic heterocycles. The highest BCUT2D eigenvalue weighted by Crippen LogP contribution is 2.43. The van der Waals surface area contributed by atoms with Gasteiger partial charge in [-0.2, -0.15) is 0 Å². The second kappa shape index (κ2) is 57.1. The number of hydrogen-bond donors (Lipinski definition) is 2. The first-order valence-electron chi connectivity index (χ1n) is 31.2. The third-order valence-electron chi connectivity index (χ3n) is 12.8. The SMILES string of the molecule is CC/C=C\C/C=C\C/C=C\C/C=C\C/C=C\C/C=C\CCCCC(=O)NC(COP(=O)(O)OCC[N+](C)(C)C)C(/C=C/CCCCCCCCCCC)OC(=O)CCCCCCC/C=C\C/C=C\C/C=C\C/C=C\C/C=C\CC. The van der Waals surface area contributed by atoms with Gasteiger partial charge in [0.15, 0.2) is 0 Å². The molecular formula is C69H116N2O7P+. The molecule has 3 unspecified atom stereocenters. The molecule has 0 aliphatic carbocycles. The van der Waals surface area contributed by atoms with Gasteiger partial charge < -0.3 is 19.4 Å². The van der Waals surface area contributed by atoms with Gasteiger partial charge in [0, 0.05) is 12.8 Å². The van der Waals surface area contributed by atoms with Crippen molar-refractivity contribution >= 4 is 19.7 Å². The topological polar surface area (TPSA) is 111 Å². The summed E-state index contributed by atoms with van der Waals surface area (Å²) in [4.78, 5) is 37.7. The fraction of sp³-hybridized carbons (Fsp3) is 0.623. The van der Waals surface area contributed by atoms with Crippen molar-refractivity contribution in [1.29, 1.82) is 0 Å². The molecule has 79 heavy (non-hydrogen) atoms.